The first-order chi connectivity index (χ1) is 14.1. The molecule has 0 spiro atoms. The van der Waals surface area contributed by atoms with Gasteiger partial charge in [0.25, 0.3) is 0 Å². The lowest BCUT2D eigenvalue weighted by molar-refractivity contribution is -0.109. The van der Waals surface area contributed by atoms with Crippen molar-refractivity contribution < 1.29 is 24.5 Å². The Labute approximate surface area is 170 Å². The fourth-order valence-corrected chi connectivity index (χ4v) is 4.34. The standard InChI is InChI=1S/C23H16O5S/c24-11-12-28-18-8-3-14(4-9-18)22(27)21-19-10-7-17(26)13-20(19)29-23(21)15-1-5-16(25)6-2-15/h1-11,13,25-26H,12H2. The van der Waals surface area contributed by atoms with Crippen molar-refractivity contribution in [1.29, 1.82) is 0 Å². The monoisotopic (exact) mass is 404 g/mol. The quantitative estimate of drug-likeness (QED) is 0.357. The number of fused-ring (bicyclic) bond motifs is 1. The van der Waals surface area contributed by atoms with E-state index in [9.17, 15) is 19.8 Å². The van der Waals surface area contributed by atoms with E-state index >= 15 is 0 Å². The molecule has 1 aromatic heterocycles. The fourth-order valence-electron chi connectivity index (χ4n) is 3.10. The first-order valence-electron chi connectivity index (χ1n) is 8.83. The Kier molecular flexibility index (Phi) is 5.01. The number of benzene rings is 3. The first-order valence-corrected chi connectivity index (χ1v) is 9.64. The molecule has 144 valence electrons. The Hall–Kier alpha value is -3.64. The van der Waals surface area contributed by atoms with Gasteiger partial charge >= 0.3 is 0 Å². The van der Waals surface area contributed by atoms with Crippen molar-refractivity contribution in [3.63, 3.8) is 0 Å². The largest absolute Gasteiger partial charge is 0.508 e. The van der Waals surface area contributed by atoms with Crippen LogP contribution in [0.15, 0.2) is 66.7 Å². The third-order valence-corrected chi connectivity index (χ3v) is 5.67. The van der Waals surface area contributed by atoms with Crippen LogP contribution in [0, 0.1) is 0 Å². The number of aromatic hydroxyl groups is 2. The van der Waals surface area contributed by atoms with Gasteiger partial charge < -0.3 is 14.9 Å². The summed E-state index contributed by atoms with van der Waals surface area (Å²) in [6.45, 7) is -0.0447. The van der Waals surface area contributed by atoms with Crippen molar-refractivity contribution in [3.05, 3.63) is 77.9 Å². The molecule has 0 unspecified atom stereocenters. The number of aldehydes is 1. The van der Waals surface area contributed by atoms with Crippen LogP contribution in [0.1, 0.15) is 15.9 Å². The average Bonchev–Trinajstić information content (AvgIpc) is 3.11. The Bertz CT molecular complexity index is 1190. The molecule has 0 amide bonds. The van der Waals surface area contributed by atoms with Crippen molar-refractivity contribution in [2.75, 3.05) is 6.61 Å². The number of hydrogen-bond donors (Lipinski definition) is 2. The molecule has 0 saturated heterocycles. The van der Waals surface area contributed by atoms with E-state index in [1.54, 1.807) is 66.7 Å². The van der Waals surface area contributed by atoms with Crippen LogP contribution >= 0.6 is 11.3 Å². The van der Waals surface area contributed by atoms with E-state index in [2.05, 4.69) is 0 Å². The molecule has 6 heteroatoms. The number of ether oxygens (including phenoxy) is 1. The minimum Gasteiger partial charge on any atom is -0.508 e. The summed E-state index contributed by atoms with van der Waals surface area (Å²) in [6, 6.07) is 18.2. The summed E-state index contributed by atoms with van der Waals surface area (Å²) in [4.78, 5) is 24.6. The summed E-state index contributed by atoms with van der Waals surface area (Å²) in [7, 11) is 0. The molecule has 4 rings (SSSR count). The normalized spacial score (nSPS) is 10.8. The van der Waals surface area contributed by atoms with Gasteiger partial charge in [0.2, 0.25) is 0 Å². The zero-order valence-corrected chi connectivity index (χ0v) is 16.0. The minimum atomic E-state index is -0.160. The molecule has 0 aliphatic heterocycles. The van der Waals surface area contributed by atoms with Gasteiger partial charge in [0.05, 0.1) is 0 Å². The summed E-state index contributed by atoms with van der Waals surface area (Å²) in [5, 5.41) is 20.2. The van der Waals surface area contributed by atoms with E-state index in [4.69, 9.17) is 4.74 Å². The maximum absolute atomic E-state index is 13.4. The molecule has 3 aromatic carbocycles. The van der Waals surface area contributed by atoms with Gasteiger partial charge in [-0.05, 0) is 72.3 Å². The van der Waals surface area contributed by atoms with E-state index in [1.165, 1.54) is 11.3 Å². The Morgan fingerprint density at radius 1 is 0.931 bits per heavy atom. The zero-order chi connectivity index (χ0) is 20.4. The third-order valence-electron chi connectivity index (χ3n) is 4.46. The number of ketones is 1. The summed E-state index contributed by atoms with van der Waals surface area (Å²) in [6.07, 6.45) is 0.663. The highest BCUT2D eigenvalue weighted by molar-refractivity contribution is 7.22. The SMILES string of the molecule is O=CCOc1ccc(C(=O)c2c(-c3ccc(O)cc3)sc3cc(O)ccc23)cc1. The van der Waals surface area contributed by atoms with Gasteiger partial charge in [-0.15, -0.1) is 11.3 Å². The lowest BCUT2D eigenvalue weighted by atomic mass is 9.97. The second-order valence-electron chi connectivity index (χ2n) is 6.36. The maximum atomic E-state index is 13.4. The van der Waals surface area contributed by atoms with Gasteiger partial charge in [0, 0.05) is 26.1 Å². The molecule has 1 heterocycles. The van der Waals surface area contributed by atoms with Gasteiger partial charge in [-0.1, -0.05) is 0 Å². The van der Waals surface area contributed by atoms with Crippen LogP contribution in [0.3, 0.4) is 0 Å². The summed E-state index contributed by atoms with van der Waals surface area (Å²) in [5.41, 5.74) is 1.83. The molecule has 0 fully saturated rings. The van der Waals surface area contributed by atoms with Crippen molar-refractivity contribution >= 4 is 33.5 Å². The smallest absolute Gasteiger partial charge is 0.195 e. The number of carbonyl (C=O) groups excluding carboxylic acids is 2. The molecule has 0 aliphatic carbocycles. The third kappa shape index (κ3) is 3.70. The zero-order valence-electron chi connectivity index (χ0n) is 15.2. The summed E-state index contributed by atoms with van der Waals surface area (Å²) in [5.74, 6) is 0.623. The van der Waals surface area contributed by atoms with Crippen LogP contribution in [0.2, 0.25) is 0 Å². The van der Waals surface area contributed by atoms with Crippen LogP contribution in [0.25, 0.3) is 20.5 Å². The van der Waals surface area contributed by atoms with Crippen LogP contribution < -0.4 is 4.74 Å². The Morgan fingerprint density at radius 2 is 1.62 bits per heavy atom. The molecular formula is C23H16O5S. The Balaban J connectivity index is 1.82. The molecular weight excluding hydrogens is 388 g/mol. The first kappa shape index (κ1) is 18.7. The number of carbonyl (C=O) groups is 2. The van der Waals surface area contributed by atoms with Gasteiger partial charge in [0.1, 0.15) is 23.9 Å². The van der Waals surface area contributed by atoms with Crippen molar-refractivity contribution in [2.45, 2.75) is 0 Å². The molecule has 29 heavy (non-hydrogen) atoms. The maximum Gasteiger partial charge on any atom is 0.195 e. The predicted molar refractivity (Wildman–Crippen MR) is 112 cm³/mol. The molecule has 0 radical (unpaired) electrons. The van der Waals surface area contributed by atoms with Gasteiger partial charge in [-0.3, -0.25) is 9.59 Å². The number of rotatable bonds is 6. The van der Waals surface area contributed by atoms with E-state index in [-0.39, 0.29) is 23.9 Å². The second kappa shape index (κ2) is 7.77. The summed E-state index contributed by atoms with van der Waals surface area (Å²) >= 11 is 1.41. The Morgan fingerprint density at radius 3 is 2.31 bits per heavy atom. The highest BCUT2D eigenvalue weighted by Crippen LogP contribution is 2.41. The van der Waals surface area contributed by atoms with E-state index in [0.717, 1.165) is 20.5 Å². The molecule has 4 aromatic rings. The van der Waals surface area contributed by atoms with Crippen LogP contribution in [0.4, 0.5) is 0 Å². The highest BCUT2D eigenvalue weighted by atomic mass is 32.1. The fraction of sp³-hybridized carbons (Fsp3) is 0.0435. The van der Waals surface area contributed by atoms with Crippen molar-refractivity contribution in [3.8, 4) is 27.7 Å². The van der Waals surface area contributed by atoms with Gasteiger partial charge in [-0.2, -0.15) is 0 Å². The topological polar surface area (TPSA) is 83.8 Å². The molecule has 2 N–H and O–H groups in total. The average molecular weight is 404 g/mol. The van der Waals surface area contributed by atoms with Gasteiger partial charge in [0.15, 0.2) is 12.1 Å². The van der Waals surface area contributed by atoms with Gasteiger partial charge in [-0.25, -0.2) is 0 Å². The number of hydrogen-bond acceptors (Lipinski definition) is 6. The van der Waals surface area contributed by atoms with Crippen molar-refractivity contribution in [2.24, 2.45) is 0 Å². The highest BCUT2D eigenvalue weighted by Gasteiger charge is 2.22. The number of phenols is 2. The summed E-state index contributed by atoms with van der Waals surface area (Å²) < 4.78 is 6.03. The second-order valence-corrected chi connectivity index (χ2v) is 7.42. The van der Waals surface area contributed by atoms with Crippen LogP contribution in [0.5, 0.6) is 17.2 Å². The molecule has 0 bridgehead atoms. The van der Waals surface area contributed by atoms with E-state index in [1.807, 2.05) is 0 Å². The molecule has 0 atom stereocenters. The van der Waals surface area contributed by atoms with Crippen molar-refractivity contribution in [1.82, 2.24) is 0 Å². The molecule has 5 nitrogen and oxygen atoms in total. The van der Waals surface area contributed by atoms with Crippen LogP contribution in [-0.2, 0) is 4.79 Å². The molecule has 0 aliphatic rings. The lowest BCUT2D eigenvalue weighted by Crippen LogP contribution is -2.03. The number of phenolic OH excluding ortho intramolecular Hbond substituents is 2. The predicted octanol–water partition coefficient (Wildman–Crippen LogP) is 4.79. The lowest BCUT2D eigenvalue weighted by Gasteiger charge is -2.07. The molecule has 0 saturated carbocycles. The van der Waals surface area contributed by atoms with E-state index < -0.39 is 0 Å². The van der Waals surface area contributed by atoms with Crippen LogP contribution in [-0.4, -0.2) is 28.9 Å². The van der Waals surface area contributed by atoms with E-state index in [0.29, 0.717) is 23.2 Å². The minimum absolute atomic E-state index is 0.0447. The number of thiophene rings is 1.